The summed E-state index contributed by atoms with van der Waals surface area (Å²) in [4.78, 5) is 23.9. The molecule has 0 amide bonds. The SMILES string of the molecule is COC(=O)C(CC1CCCC1)n1ncc(I)cc1=O. The quantitative estimate of drug-likeness (QED) is 0.597. The lowest BCUT2D eigenvalue weighted by molar-refractivity contribution is -0.145. The number of nitrogens with zero attached hydrogens (tertiary/aromatic N) is 2. The van der Waals surface area contributed by atoms with E-state index in [1.165, 1.54) is 30.7 Å². The Morgan fingerprint density at radius 2 is 2.26 bits per heavy atom. The molecule has 19 heavy (non-hydrogen) atoms. The van der Waals surface area contributed by atoms with E-state index in [0.717, 1.165) is 16.4 Å². The van der Waals surface area contributed by atoms with Gasteiger partial charge < -0.3 is 4.74 Å². The van der Waals surface area contributed by atoms with Crippen LogP contribution in [0.2, 0.25) is 0 Å². The molecule has 1 aliphatic carbocycles. The summed E-state index contributed by atoms with van der Waals surface area (Å²) < 4.78 is 6.85. The van der Waals surface area contributed by atoms with Crippen molar-refractivity contribution in [2.24, 2.45) is 5.92 Å². The first kappa shape index (κ1) is 14.5. The van der Waals surface area contributed by atoms with Crippen molar-refractivity contribution in [3.8, 4) is 0 Å². The molecule has 2 rings (SSSR count). The highest BCUT2D eigenvalue weighted by Gasteiger charge is 2.28. The van der Waals surface area contributed by atoms with Gasteiger partial charge in [-0.2, -0.15) is 5.10 Å². The van der Waals surface area contributed by atoms with Gasteiger partial charge in [0.2, 0.25) is 0 Å². The minimum atomic E-state index is -0.599. The number of methoxy groups -OCH3 is 1. The van der Waals surface area contributed by atoms with Crippen LogP contribution in [0.1, 0.15) is 38.1 Å². The highest BCUT2D eigenvalue weighted by Crippen LogP contribution is 2.31. The standard InChI is InChI=1S/C13H17IN2O3/c1-19-13(18)11(6-9-4-2-3-5-9)16-12(17)7-10(14)8-15-16/h7-9,11H,2-6H2,1H3. The number of hydrogen-bond donors (Lipinski definition) is 0. The van der Waals surface area contributed by atoms with E-state index in [4.69, 9.17) is 4.74 Å². The highest BCUT2D eigenvalue weighted by molar-refractivity contribution is 14.1. The zero-order chi connectivity index (χ0) is 13.8. The fourth-order valence-electron chi connectivity index (χ4n) is 2.62. The molecule has 1 aromatic heterocycles. The van der Waals surface area contributed by atoms with Gasteiger partial charge in [-0.1, -0.05) is 25.7 Å². The lowest BCUT2D eigenvalue weighted by Crippen LogP contribution is -2.33. The summed E-state index contributed by atoms with van der Waals surface area (Å²) in [7, 11) is 1.35. The van der Waals surface area contributed by atoms with Crippen molar-refractivity contribution < 1.29 is 9.53 Å². The Balaban J connectivity index is 2.25. The molecule has 0 N–H and O–H groups in total. The van der Waals surface area contributed by atoms with E-state index in [-0.39, 0.29) is 11.5 Å². The molecule has 1 aliphatic rings. The van der Waals surface area contributed by atoms with Crippen LogP contribution in [-0.2, 0) is 9.53 Å². The van der Waals surface area contributed by atoms with E-state index in [2.05, 4.69) is 5.10 Å². The van der Waals surface area contributed by atoms with Crippen LogP contribution < -0.4 is 5.56 Å². The molecule has 104 valence electrons. The van der Waals surface area contributed by atoms with E-state index in [1.807, 2.05) is 22.6 Å². The van der Waals surface area contributed by atoms with Crippen LogP contribution in [0, 0.1) is 9.49 Å². The summed E-state index contributed by atoms with van der Waals surface area (Å²) in [5.41, 5.74) is -0.250. The first-order chi connectivity index (χ1) is 9.11. The largest absolute Gasteiger partial charge is 0.467 e. The number of halogens is 1. The van der Waals surface area contributed by atoms with E-state index in [9.17, 15) is 9.59 Å². The molecule has 1 aromatic rings. The van der Waals surface area contributed by atoms with Crippen molar-refractivity contribution in [1.29, 1.82) is 0 Å². The van der Waals surface area contributed by atoms with Crippen LogP contribution in [0.4, 0.5) is 0 Å². The first-order valence-electron chi connectivity index (χ1n) is 6.44. The molecule has 0 aromatic carbocycles. The molecule has 5 nitrogen and oxygen atoms in total. The molecule has 1 saturated carbocycles. The molecular formula is C13H17IN2O3. The van der Waals surface area contributed by atoms with Crippen LogP contribution in [-0.4, -0.2) is 22.9 Å². The van der Waals surface area contributed by atoms with Gasteiger partial charge in [0.15, 0.2) is 6.04 Å². The maximum absolute atomic E-state index is 12.0. The molecule has 0 aliphatic heterocycles. The summed E-state index contributed by atoms with van der Waals surface area (Å²) in [5, 5.41) is 4.09. The molecule has 0 radical (unpaired) electrons. The summed E-state index contributed by atoms with van der Waals surface area (Å²) in [6, 6.07) is 0.885. The van der Waals surface area contributed by atoms with Crippen molar-refractivity contribution >= 4 is 28.6 Å². The second kappa shape index (κ2) is 6.49. The van der Waals surface area contributed by atoms with Gasteiger partial charge in [-0.05, 0) is 34.9 Å². The lowest BCUT2D eigenvalue weighted by atomic mass is 9.98. The van der Waals surface area contributed by atoms with Crippen LogP contribution in [0.25, 0.3) is 0 Å². The molecule has 0 spiro atoms. The van der Waals surface area contributed by atoms with Gasteiger partial charge in [-0.3, -0.25) is 4.79 Å². The van der Waals surface area contributed by atoms with Gasteiger partial charge in [0.25, 0.3) is 5.56 Å². The molecular weight excluding hydrogens is 359 g/mol. The average Bonchev–Trinajstić information content (AvgIpc) is 2.89. The van der Waals surface area contributed by atoms with Gasteiger partial charge in [0, 0.05) is 9.64 Å². The predicted octanol–water partition coefficient (Wildman–Crippen LogP) is 2.14. The van der Waals surface area contributed by atoms with E-state index in [0.29, 0.717) is 12.3 Å². The zero-order valence-corrected chi connectivity index (χ0v) is 13.0. The maximum Gasteiger partial charge on any atom is 0.330 e. The second-order valence-corrected chi connectivity index (χ2v) is 6.13. The van der Waals surface area contributed by atoms with Crippen LogP contribution >= 0.6 is 22.6 Å². The Morgan fingerprint density at radius 1 is 1.58 bits per heavy atom. The Hall–Kier alpha value is -0.920. The lowest BCUT2D eigenvalue weighted by Gasteiger charge is -2.19. The summed E-state index contributed by atoms with van der Waals surface area (Å²) in [6.07, 6.45) is 6.87. The zero-order valence-electron chi connectivity index (χ0n) is 10.8. The number of carbonyl (C=O) groups is 1. The molecule has 1 atom stereocenters. The highest BCUT2D eigenvalue weighted by atomic mass is 127. The maximum atomic E-state index is 12.0. The number of aromatic nitrogens is 2. The number of ether oxygens (including phenoxy) is 1. The molecule has 0 saturated heterocycles. The van der Waals surface area contributed by atoms with Crippen molar-refractivity contribution in [3.05, 3.63) is 26.2 Å². The Kier molecular flexibility index (Phi) is 4.95. The second-order valence-electron chi connectivity index (χ2n) is 4.88. The fraction of sp³-hybridized carbons (Fsp3) is 0.615. The third-order valence-electron chi connectivity index (χ3n) is 3.59. The predicted molar refractivity (Wildman–Crippen MR) is 78.8 cm³/mol. The fourth-order valence-corrected chi connectivity index (χ4v) is 3.01. The molecule has 1 heterocycles. The molecule has 1 fully saturated rings. The summed E-state index contributed by atoms with van der Waals surface area (Å²) >= 11 is 2.03. The van der Waals surface area contributed by atoms with Gasteiger partial charge >= 0.3 is 5.97 Å². The van der Waals surface area contributed by atoms with Crippen molar-refractivity contribution in [1.82, 2.24) is 9.78 Å². The van der Waals surface area contributed by atoms with Crippen LogP contribution in [0.15, 0.2) is 17.1 Å². The molecule has 0 bridgehead atoms. The number of esters is 1. The Bertz CT molecular complexity index is 509. The number of carbonyl (C=O) groups excluding carboxylic acids is 1. The Labute approximate surface area is 125 Å². The monoisotopic (exact) mass is 376 g/mol. The van der Waals surface area contributed by atoms with Gasteiger partial charge in [0.1, 0.15) is 0 Å². The van der Waals surface area contributed by atoms with E-state index < -0.39 is 6.04 Å². The third kappa shape index (κ3) is 3.55. The third-order valence-corrected chi connectivity index (χ3v) is 4.18. The van der Waals surface area contributed by atoms with Crippen molar-refractivity contribution in [3.63, 3.8) is 0 Å². The van der Waals surface area contributed by atoms with Crippen molar-refractivity contribution in [2.45, 2.75) is 38.1 Å². The first-order valence-corrected chi connectivity index (χ1v) is 7.52. The average molecular weight is 376 g/mol. The molecule has 1 unspecified atom stereocenters. The number of rotatable bonds is 4. The van der Waals surface area contributed by atoms with Gasteiger partial charge in [-0.15, -0.1) is 0 Å². The number of hydrogen-bond acceptors (Lipinski definition) is 4. The van der Waals surface area contributed by atoms with Crippen LogP contribution in [0.5, 0.6) is 0 Å². The smallest absolute Gasteiger partial charge is 0.330 e. The van der Waals surface area contributed by atoms with E-state index >= 15 is 0 Å². The minimum absolute atomic E-state index is 0.250. The van der Waals surface area contributed by atoms with E-state index in [1.54, 1.807) is 6.20 Å². The topological polar surface area (TPSA) is 61.2 Å². The van der Waals surface area contributed by atoms with Crippen molar-refractivity contribution in [2.75, 3.05) is 7.11 Å². The minimum Gasteiger partial charge on any atom is -0.467 e. The summed E-state index contributed by atoms with van der Waals surface area (Å²) in [5.74, 6) is 0.0970. The van der Waals surface area contributed by atoms with Gasteiger partial charge in [-0.25, -0.2) is 9.48 Å². The normalized spacial score (nSPS) is 17.4. The molecule has 6 heteroatoms. The van der Waals surface area contributed by atoms with Gasteiger partial charge in [0.05, 0.1) is 13.3 Å². The van der Waals surface area contributed by atoms with Crippen LogP contribution in [0.3, 0.4) is 0 Å². The summed E-state index contributed by atoms with van der Waals surface area (Å²) in [6.45, 7) is 0. The Morgan fingerprint density at radius 3 is 2.84 bits per heavy atom.